The fraction of sp³-hybridized carbons (Fsp3) is 0.0909. The Kier molecular flexibility index (Phi) is 6.50. The molecule has 0 spiro atoms. The summed E-state index contributed by atoms with van der Waals surface area (Å²) in [6.07, 6.45) is 5.29. The molecular weight excluding hydrogens is 194 g/mol. The van der Waals surface area contributed by atoms with Gasteiger partial charge in [-0.25, -0.2) is 4.79 Å². The highest BCUT2D eigenvalue weighted by atomic mass is 17.1. The van der Waals surface area contributed by atoms with Crippen LogP contribution >= 0.6 is 0 Å². The monoisotopic (exact) mass is 207 g/mol. The molecule has 1 N–H and O–H groups in total. The van der Waals surface area contributed by atoms with Gasteiger partial charge in [-0.2, -0.15) is 5.26 Å². The van der Waals surface area contributed by atoms with E-state index in [1.165, 1.54) is 6.92 Å². The van der Waals surface area contributed by atoms with E-state index in [9.17, 15) is 4.79 Å². The van der Waals surface area contributed by atoms with Crippen molar-refractivity contribution in [2.75, 3.05) is 0 Å². The molecule has 15 heavy (non-hydrogen) atoms. The molecule has 1 heterocycles. The van der Waals surface area contributed by atoms with Crippen molar-refractivity contribution in [2.45, 2.75) is 6.92 Å². The molecule has 0 amide bonds. The third-order valence-electron chi connectivity index (χ3n) is 1.37. The van der Waals surface area contributed by atoms with Crippen molar-refractivity contribution in [2.24, 2.45) is 0 Å². The third-order valence-corrected chi connectivity index (χ3v) is 1.37. The summed E-state index contributed by atoms with van der Waals surface area (Å²) in [5.41, 5.74) is 1.29. The summed E-state index contributed by atoms with van der Waals surface area (Å²) in [6.45, 7) is 8.24. The van der Waals surface area contributed by atoms with Crippen molar-refractivity contribution >= 4 is 12.0 Å². The molecule has 4 heteroatoms. The normalized spacial score (nSPS) is 8.13. The molecular formula is C11H13NO3. The molecule has 0 saturated carbocycles. The van der Waals surface area contributed by atoms with Crippen LogP contribution in [0.3, 0.4) is 0 Å². The van der Waals surface area contributed by atoms with Gasteiger partial charge < -0.3 is 0 Å². The smallest absolute Gasteiger partial charge is 0.296 e. The van der Waals surface area contributed by atoms with Crippen LogP contribution in [0.1, 0.15) is 12.5 Å². The third kappa shape index (κ3) is 6.17. The molecule has 0 saturated heterocycles. The first kappa shape index (κ1) is 13.1. The number of carbonyl (C=O) groups is 1. The maximum absolute atomic E-state index is 9.94. The first-order chi connectivity index (χ1) is 7.11. The van der Waals surface area contributed by atoms with Crippen LogP contribution in [0.15, 0.2) is 43.3 Å². The lowest BCUT2D eigenvalue weighted by molar-refractivity contribution is -0.229. The Balaban J connectivity index is 0.000000265. The first-order valence-electron chi connectivity index (χ1n) is 4.15. The fourth-order valence-corrected chi connectivity index (χ4v) is 0.577. The van der Waals surface area contributed by atoms with E-state index in [-0.39, 0.29) is 5.57 Å². The van der Waals surface area contributed by atoms with Gasteiger partial charge in [0.2, 0.25) is 0 Å². The van der Waals surface area contributed by atoms with Gasteiger partial charge in [-0.15, -0.1) is 0 Å². The number of hydrogen-bond donors (Lipinski definition) is 1. The van der Waals surface area contributed by atoms with Crippen LogP contribution in [0.2, 0.25) is 0 Å². The predicted octanol–water partition coefficient (Wildman–Crippen LogP) is 2.30. The van der Waals surface area contributed by atoms with Crippen molar-refractivity contribution in [3.63, 3.8) is 0 Å². The molecule has 80 valence electrons. The molecule has 0 unspecified atom stereocenters. The van der Waals surface area contributed by atoms with E-state index in [0.717, 1.165) is 5.56 Å². The summed E-state index contributed by atoms with van der Waals surface area (Å²) in [5.74, 6) is -0.792. The number of nitrogens with zero attached hydrogens (tertiary/aromatic N) is 1. The maximum atomic E-state index is 9.94. The molecule has 4 nitrogen and oxygen atoms in total. The van der Waals surface area contributed by atoms with Gasteiger partial charge in [0.15, 0.2) is 0 Å². The zero-order valence-corrected chi connectivity index (χ0v) is 8.51. The SMILES string of the molecule is C=C(C)C(=O)OO.C=Cc1ccncc1. The lowest BCUT2D eigenvalue weighted by atomic mass is 10.3. The molecule has 0 aromatic carbocycles. The zero-order valence-electron chi connectivity index (χ0n) is 8.51. The van der Waals surface area contributed by atoms with E-state index in [1.54, 1.807) is 18.5 Å². The molecule has 0 fully saturated rings. The molecule has 0 aliphatic rings. The largest absolute Gasteiger partial charge is 0.367 e. The summed E-state index contributed by atoms with van der Waals surface area (Å²) in [5, 5.41) is 7.59. The molecule has 0 aliphatic carbocycles. The summed E-state index contributed by atoms with van der Waals surface area (Å²) < 4.78 is 0. The standard InChI is InChI=1S/C7H7N.C4H6O3/c1-2-7-3-5-8-6-4-7;1-3(2)4(5)7-6/h2-6H,1H2;6H,1H2,2H3. The van der Waals surface area contributed by atoms with Gasteiger partial charge in [0, 0.05) is 18.0 Å². The molecule has 0 atom stereocenters. The van der Waals surface area contributed by atoms with E-state index in [1.807, 2.05) is 12.1 Å². The Labute approximate surface area is 88.5 Å². The molecule has 1 aromatic rings. The molecule has 0 bridgehead atoms. The molecule has 0 aliphatic heterocycles. The average Bonchev–Trinajstić information content (AvgIpc) is 2.29. The van der Waals surface area contributed by atoms with Crippen LogP contribution in [-0.2, 0) is 9.68 Å². The van der Waals surface area contributed by atoms with Gasteiger partial charge in [-0.1, -0.05) is 19.2 Å². The topological polar surface area (TPSA) is 59.4 Å². The number of hydrogen-bond acceptors (Lipinski definition) is 4. The maximum Gasteiger partial charge on any atom is 0.367 e. The second kappa shape index (κ2) is 7.46. The lowest BCUT2D eigenvalue weighted by Gasteiger charge is -1.88. The van der Waals surface area contributed by atoms with Gasteiger partial charge in [-0.05, 0) is 24.6 Å². The summed E-state index contributed by atoms with van der Waals surface area (Å²) in [4.78, 5) is 17.1. The summed E-state index contributed by atoms with van der Waals surface area (Å²) in [7, 11) is 0. The van der Waals surface area contributed by atoms with E-state index in [4.69, 9.17) is 5.26 Å². The van der Waals surface area contributed by atoms with Crippen molar-refractivity contribution in [3.8, 4) is 0 Å². The van der Waals surface area contributed by atoms with Gasteiger partial charge in [0.05, 0.1) is 0 Å². The Morgan fingerprint density at radius 1 is 1.53 bits per heavy atom. The van der Waals surface area contributed by atoms with Crippen LogP contribution in [0.4, 0.5) is 0 Å². The summed E-state index contributed by atoms with van der Waals surface area (Å²) in [6, 6.07) is 3.82. The number of carbonyl (C=O) groups excluding carboxylic acids is 1. The van der Waals surface area contributed by atoms with Crippen LogP contribution in [-0.4, -0.2) is 16.2 Å². The second-order valence-corrected chi connectivity index (χ2v) is 2.64. The van der Waals surface area contributed by atoms with Gasteiger partial charge in [0.1, 0.15) is 0 Å². The van der Waals surface area contributed by atoms with Crippen LogP contribution in [0, 0.1) is 0 Å². The highest BCUT2D eigenvalue weighted by Crippen LogP contribution is 1.95. The van der Waals surface area contributed by atoms with E-state index < -0.39 is 5.97 Å². The fourth-order valence-electron chi connectivity index (χ4n) is 0.577. The highest BCUT2D eigenvalue weighted by molar-refractivity contribution is 5.86. The average molecular weight is 207 g/mol. The summed E-state index contributed by atoms with van der Waals surface area (Å²) >= 11 is 0. The first-order valence-corrected chi connectivity index (χ1v) is 4.15. The van der Waals surface area contributed by atoms with Gasteiger partial charge >= 0.3 is 5.97 Å². The van der Waals surface area contributed by atoms with Crippen LogP contribution in [0.25, 0.3) is 6.08 Å². The quantitative estimate of drug-likeness (QED) is 0.459. The van der Waals surface area contributed by atoms with Gasteiger partial charge in [0.25, 0.3) is 0 Å². The Morgan fingerprint density at radius 2 is 2.07 bits per heavy atom. The predicted molar refractivity (Wildman–Crippen MR) is 57.9 cm³/mol. The number of aromatic nitrogens is 1. The molecule has 1 rings (SSSR count). The minimum atomic E-state index is -0.792. The second-order valence-electron chi connectivity index (χ2n) is 2.64. The Morgan fingerprint density at radius 3 is 2.27 bits per heavy atom. The van der Waals surface area contributed by atoms with Crippen molar-refractivity contribution in [1.29, 1.82) is 0 Å². The van der Waals surface area contributed by atoms with Gasteiger partial charge in [-0.3, -0.25) is 9.87 Å². The minimum Gasteiger partial charge on any atom is -0.296 e. The zero-order chi connectivity index (χ0) is 11.7. The number of pyridine rings is 1. The number of rotatable bonds is 2. The van der Waals surface area contributed by atoms with E-state index >= 15 is 0 Å². The highest BCUT2D eigenvalue weighted by Gasteiger charge is 1.98. The van der Waals surface area contributed by atoms with E-state index in [2.05, 4.69) is 23.0 Å². The van der Waals surface area contributed by atoms with E-state index in [0.29, 0.717) is 0 Å². The minimum absolute atomic E-state index is 0.183. The molecule has 1 aromatic heterocycles. The van der Waals surface area contributed by atoms with Crippen molar-refractivity contribution in [3.05, 3.63) is 48.8 Å². The Hall–Kier alpha value is -1.94. The molecule has 0 radical (unpaired) electrons. The lowest BCUT2D eigenvalue weighted by Crippen LogP contribution is -1.99. The Bertz CT molecular complexity index is 333. The van der Waals surface area contributed by atoms with Crippen LogP contribution in [0.5, 0.6) is 0 Å². The van der Waals surface area contributed by atoms with Crippen molar-refractivity contribution < 1.29 is 14.9 Å². The van der Waals surface area contributed by atoms with Crippen molar-refractivity contribution in [1.82, 2.24) is 4.98 Å². The van der Waals surface area contributed by atoms with Crippen LogP contribution < -0.4 is 0 Å².